The van der Waals surface area contributed by atoms with Gasteiger partial charge in [-0.05, 0) is 31.1 Å². The van der Waals surface area contributed by atoms with Crippen LogP contribution in [-0.4, -0.2) is 5.54 Å². The SMILES string of the molecule is CC[C@H]1CC(C)C[C@@]1(N)CC. The van der Waals surface area contributed by atoms with Gasteiger partial charge in [-0.3, -0.25) is 0 Å². The minimum atomic E-state index is 0.175. The molecule has 3 atom stereocenters. The Balaban J connectivity index is 2.63. The molecule has 0 saturated heterocycles. The zero-order chi connectivity index (χ0) is 8.48. The zero-order valence-electron chi connectivity index (χ0n) is 8.06. The van der Waals surface area contributed by atoms with Crippen LogP contribution in [0.15, 0.2) is 0 Å². The number of nitrogens with two attached hydrogens (primary N) is 1. The molecule has 1 unspecified atom stereocenters. The van der Waals surface area contributed by atoms with Gasteiger partial charge in [-0.25, -0.2) is 0 Å². The van der Waals surface area contributed by atoms with Gasteiger partial charge in [0.2, 0.25) is 0 Å². The molecule has 0 radical (unpaired) electrons. The van der Waals surface area contributed by atoms with E-state index in [4.69, 9.17) is 5.73 Å². The van der Waals surface area contributed by atoms with E-state index in [2.05, 4.69) is 20.8 Å². The molecule has 0 heterocycles. The Morgan fingerprint density at radius 1 is 1.45 bits per heavy atom. The van der Waals surface area contributed by atoms with Crippen molar-refractivity contribution in [2.75, 3.05) is 0 Å². The van der Waals surface area contributed by atoms with Crippen LogP contribution in [0.4, 0.5) is 0 Å². The molecule has 1 aliphatic rings. The van der Waals surface area contributed by atoms with Gasteiger partial charge in [-0.1, -0.05) is 27.2 Å². The fraction of sp³-hybridized carbons (Fsp3) is 1.00. The lowest BCUT2D eigenvalue weighted by Gasteiger charge is -2.29. The van der Waals surface area contributed by atoms with Crippen molar-refractivity contribution < 1.29 is 0 Å². The van der Waals surface area contributed by atoms with E-state index in [1.807, 2.05) is 0 Å². The van der Waals surface area contributed by atoms with Crippen LogP contribution in [0.3, 0.4) is 0 Å². The Kier molecular flexibility index (Phi) is 2.58. The highest BCUT2D eigenvalue weighted by Gasteiger charge is 2.39. The van der Waals surface area contributed by atoms with Crippen LogP contribution in [0.5, 0.6) is 0 Å². The quantitative estimate of drug-likeness (QED) is 0.651. The van der Waals surface area contributed by atoms with Gasteiger partial charge < -0.3 is 5.73 Å². The van der Waals surface area contributed by atoms with E-state index in [0.717, 1.165) is 18.3 Å². The van der Waals surface area contributed by atoms with Crippen molar-refractivity contribution in [1.82, 2.24) is 0 Å². The van der Waals surface area contributed by atoms with Gasteiger partial charge >= 0.3 is 0 Å². The molecule has 1 rings (SSSR count). The average Bonchev–Trinajstić information content (AvgIpc) is 2.27. The van der Waals surface area contributed by atoms with Crippen molar-refractivity contribution in [3.8, 4) is 0 Å². The predicted molar refractivity (Wildman–Crippen MR) is 49.4 cm³/mol. The third-order valence-electron chi connectivity index (χ3n) is 3.38. The maximum atomic E-state index is 6.30. The summed E-state index contributed by atoms with van der Waals surface area (Å²) >= 11 is 0. The standard InChI is InChI=1S/C10H21N/c1-4-9-6-8(3)7-10(9,11)5-2/h8-9H,4-7,11H2,1-3H3/t8?,9-,10-/m0/s1. The third kappa shape index (κ3) is 1.58. The molecule has 1 heteroatoms. The summed E-state index contributed by atoms with van der Waals surface area (Å²) in [5.74, 6) is 1.63. The van der Waals surface area contributed by atoms with Gasteiger partial charge in [0, 0.05) is 5.54 Å². The predicted octanol–water partition coefficient (Wildman–Crippen LogP) is 2.55. The molecule has 11 heavy (non-hydrogen) atoms. The van der Waals surface area contributed by atoms with Gasteiger partial charge in [0.1, 0.15) is 0 Å². The number of hydrogen-bond donors (Lipinski definition) is 1. The lowest BCUT2D eigenvalue weighted by molar-refractivity contribution is 0.298. The maximum absolute atomic E-state index is 6.30. The van der Waals surface area contributed by atoms with Crippen molar-refractivity contribution in [1.29, 1.82) is 0 Å². The lowest BCUT2D eigenvalue weighted by Crippen LogP contribution is -2.42. The summed E-state index contributed by atoms with van der Waals surface area (Å²) in [7, 11) is 0. The molecule has 2 N–H and O–H groups in total. The number of rotatable bonds is 2. The molecule has 0 aromatic rings. The summed E-state index contributed by atoms with van der Waals surface area (Å²) in [4.78, 5) is 0. The normalized spacial score (nSPS) is 44.7. The summed E-state index contributed by atoms with van der Waals surface area (Å²) in [6.45, 7) is 6.81. The highest BCUT2D eigenvalue weighted by molar-refractivity contribution is 4.97. The Labute approximate surface area is 70.4 Å². The van der Waals surface area contributed by atoms with Crippen LogP contribution in [0.25, 0.3) is 0 Å². The number of hydrogen-bond acceptors (Lipinski definition) is 1. The van der Waals surface area contributed by atoms with Gasteiger partial charge in [-0.15, -0.1) is 0 Å². The van der Waals surface area contributed by atoms with Crippen molar-refractivity contribution in [3.63, 3.8) is 0 Å². The van der Waals surface area contributed by atoms with Crippen LogP contribution >= 0.6 is 0 Å². The van der Waals surface area contributed by atoms with Crippen LogP contribution in [-0.2, 0) is 0 Å². The van der Waals surface area contributed by atoms with E-state index in [-0.39, 0.29) is 5.54 Å². The first kappa shape index (κ1) is 9.05. The Morgan fingerprint density at radius 3 is 2.45 bits per heavy atom. The van der Waals surface area contributed by atoms with E-state index in [0.29, 0.717) is 0 Å². The fourth-order valence-corrected chi connectivity index (χ4v) is 2.63. The van der Waals surface area contributed by atoms with Gasteiger partial charge in [-0.2, -0.15) is 0 Å². The van der Waals surface area contributed by atoms with E-state index in [1.165, 1.54) is 19.3 Å². The molecular formula is C10H21N. The topological polar surface area (TPSA) is 26.0 Å². The van der Waals surface area contributed by atoms with Crippen molar-refractivity contribution in [2.24, 2.45) is 17.6 Å². The second-order valence-corrected chi connectivity index (χ2v) is 4.24. The van der Waals surface area contributed by atoms with Crippen molar-refractivity contribution in [2.45, 2.75) is 52.0 Å². The molecule has 0 aromatic carbocycles. The zero-order valence-corrected chi connectivity index (χ0v) is 8.06. The molecule has 0 spiro atoms. The molecule has 0 aromatic heterocycles. The Bertz CT molecular complexity index is 133. The second kappa shape index (κ2) is 3.14. The highest BCUT2D eigenvalue weighted by Crippen LogP contribution is 2.41. The second-order valence-electron chi connectivity index (χ2n) is 4.24. The molecule has 1 nitrogen and oxygen atoms in total. The van der Waals surface area contributed by atoms with Crippen LogP contribution < -0.4 is 5.73 Å². The van der Waals surface area contributed by atoms with E-state index < -0.39 is 0 Å². The van der Waals surface area contributed by atoms with E-state index in [1.54, 1.807) is 0 Å². The largest absolute Gasteiger partial charge is 0.325 e. The van der Waals surface area contributed by atoms with Gasteiger partial charge in [0.25, 0.3) is 0 Å². The summed E-state index contributed by atoms with van der Waals surface area (Å²) in [6, 6.07) is 0. The molecular weight excluding hydrogens is 134 g/mol. The van der Waals surface area contributed by atoms with Crippen LogP contribution in [0.1, 0.15) is 46.5 Å². The lowest BCUT2D eigenvalue weighted by atomic mass is 9.84. The monoisotopic (exact) mass is 155 g/mol. The molecule has 0 bridgehead atoms. The molecule has 0 aliphatic heterocycles. The first-order chi connectivity index (χ1) is 5.12. The van der Waals surface area contributed by atoms with Crippen molar-refractivity contribution in [3.05, 3.63) is 0 Å². The summed E-state index contributed by atoms with van der Waals surface area (Å²) in [5, 5.41) is 0. The van der Waals surface area contributed by atoms with Crippen molar-refractivity contribution >= 4 is 0 Å². The summed E-state index contributed by atoms with van der Waals surface area (Å²) in [5.41, 5.74) is 6.48. The van der Waals surface area contributed by atoms with E-state index in [9.17, 15) is 0 Å². The first-order valence-corrected chi connectivity index (χ1v) is 4.91. The van der Waals surface area contributed by atoms with Gasteiger partial charge in [0.05, 0.1) is 0 Å². The smallest absolute Gasteiger partial charge is 0.0182 e. The minimum Gasteiger partial charge on any atom is -0.325 e. The van der Waals surface area contributed by atoms with E-state index >= 15 is 0 Å². The molecule has 0 amide bonds. The molecule has 1 saturated carbocycles. The van der Waals surface area contributed by atoms with Gasteiger partial charge in [0.15, 0.2) is 0 Å². The average molecular weight is 155 g/mol. The minimum absolute atomic E-state index is 0.175. The Morgan fingerprint density at radius 2 is 2.09 bits per heavy atom. The highest BCUT2D eigenvalue weighted by atomic mass is 14.8. The molecule has 1 aliphatic carbocycles. The third-order valence-corrected chi connectivity index (χ3v) is 3.38. The Hall–Kier alpha value is -0.0400. The van der Waals surface area contributed by atoms with Crippen LogP contribution in [0, 0.1) is 11.8 Å². The fourth-order valence-electron chi connectivity index (χ4n) is 2.63. The van der Waals surface area contributed by atoms with Crippen LogP contribution in [0.2, 0.25) is 0 Å². The summed E-state index contributed by atoms with van der Waals surface area (Å²) < 4.78 is 0. The molecule has 66 valence electrons. The maximum Gasteiger partial charge on any atom is 0.0182 e. The first-order valence-electron chi connectivity index (χ1n) is 4.91. The summed E-state index contributed by atoms with van der Waals surface area (Å²) in [6.07, 6.45) is 4.99. The molecule has 1 fully saturated rings.